The van der Waals surface area contributed by atoms with Gasteiger partial charge in [-0.1, -0.05) is 0 Å². The molecule has 4 heteroatoms. The van der Waals surface area contributed by atoms with Gasteiger partial charge in [-0.15, -0.1) is 0 Å². The third kappa shape index (κ3) is 0.676. The monoisotopic (exact) mass is 111 g/mol. The molecule has 1 rings (SSSR count). The zero-order valence-electron chi connectivity index (χ0n) is 3.92. The van der Waals surface area contributed by atoms with E-state index in [-0.39, 0.29) is 5.69 Å². The molecule has 0 aliphatic rings. The van der Waals surface area contributed by atoms with Crippen LogP contribution in [-0.4, -0.2) is 9.91 Å². The smallest absolute Gasteiger partial charge is 0.287 e. The summed E-state index contributed by atoms with van der Waals surface area (Å²) in [7, 11) is 0. The molecule has 0 aliphatic heterocycles. The highest BCUT2D eigenvalue weighted by Crippen LogP contribution is 2.04. The molecule has 0 fully saturated rings. The topological polar surface area (TPSA) is 58.9 Å². The summed E-state index contributed by atoms with van der Waals surface area (Å²) in [5.74, 6) is 0. The number of hydrogen-bond acceptors (Lipinski definition) is 2. The fourth-order valence-electron chi connectivity index (χ4n) is 0.378. The first-order chi connectivity index (χ1) is 3.80. The van der Waals surface area contributed by atoms with E-state index in [0.29, 0.717) is 0 Å². The van der Waals surface area contributed by atoms with Crippen LogP contribution in [0, 0.1) is 16.3 Å². The molecule has 0 amide bonds. The zero-order valence-corrected chi connectivity index (χ0v) is 3.92. The van der Waals surface area contributed by atoms with Crippen LogP contribution in [0.1, 0.15) is 0 Å². The lowest BCUT2D eigenvalue weighted by molar-refractivity contribution is -0.384. The van der Waals surface area contributed by atoms with Crippen molar-refractivity contribution in [2.75, 3.05) is 0 Å². The third-order valence-corrected chi connectivity index (χ3v) is 0.734. The van der Waals surface area contributed by atoms with Gasteiger partial charge >= 0.3 is 0 Å². The van der Waals surface area contributed by atoms with Crippen molar-refractivity contribution in [1.29, 1.82) is 0 Å². The fraction of sp³-hybridized carbons (Fsp3) is 0. The average Bonchev–Trinajstić information content (AvgIpc) is 2.12. The number of hydrogen-bond donors (Lipinski definition) is 1. The number of nitrogens with one attached hydrogen (secondary N) is 1. The van der Waals surface area contributed by atoms with Crippen LogP contribution in [0.2, 0.25) is 0 Å². The standard InChI is InChI=1S/C4H3N2O2/c7-6(8)4-1-2-5-3-4/h1,3,5H. The molecule has 0 saturated carbocycles. The highest BCUT2D eigenvalue weighted by Gasteiger charge is 2.01. The molecule has 41 valence electrons. The number of aromatic amines is 1. The lowest BCUT2D eigenvalue weighted by Gasteiger charge is -1.77. The van der Waals surface area contributed by atoms with Crippen molar-refractivity contribution in [3.63, 3.8) is 0 Å². The third-order valence-electron chi connectivity index (χ3n) is 0.734. The summed E-state index contributed by atoms with van der Waals surface area (Å²) in [5, 5.41) is 9.83. The van der Waals surface area contributed by atoms with Crippen LogP contribution in [-0.2, 0) is 0 Å². The van der Waals surface area contributed by atoms with Crippen molar-refractivity contribution in [1.82, 2.24) is 4.98 Å². The Bertz CT molecular complexity index is 180. The van der Waals surface area contributed by atoms with Crippen LogP contribution in [0.4, 0.5) is 5.69 Å². The summed E-state index contributed by atoms with van der Waals surface area (Å²) in [6, 6.07) is 1.28. The molecule has 4 nitrogen and oxygen atoms in total. The minimum atomic E-state index is -0.479. The Morgan fingerprint density at radius 1 is 1.88 bits per heavy atom. The van der Waals surface area contributed by atoms with Crippen LogP contribution in [0.25, 0.3) is 0 Å². The van der Waals surface area contributed by atoms with Gasteiger partial charge in [0.25, 0.3) is 5.69 Å². The molecule has 8 heavy (non-hydrogen) atoms. The summed E-state index contributed by atoms with van der Waals surface area (Å²) >= 11 is 0. The van der Waals surface area contributed by atoms with Gasteiger partial charge in [0.2, 0.25) is 0 Å². The van der Waals surface area contributed by atoms with Crippen LogP contribution < -0.4 is 0 Å². The first-order valence-electron chi connectivity index (χ1n) is 1.99. The number of H-pyrrole nitrogens is 1. The summed E-state index contributed by atoms with van der Waals surface area (Å²) in [5.41, 5.74) is 0.0463. The van der Waals surface area contributed by atoms with Crippen molar-refractivity contribution >= 4 is 5.69 Å². The van der Waals surface area contributed by atoms with E-state index in [1.807, 2.05) is 0 Å². The van der Waals surface area contributed by atoms with Crippen LogP contribution in [0.15, 0.2) is 12.3 Å². The van der Waals surface area contributed by atoms with Crippen molar-refractivity contribution in [2.45, 2.75) is 0 Å². The Balaban J connectivity index is 2.93. The highest BCUT2D eigenvalue weighted by molar-refractivity contribution is 5.23. The lowest BCUT2D eigenvalue weighted by atomic mass is 10.6. The fourth-order valence-corrected chi connectivity index (χ4v) is 0.378. The van der Waals surface area contributed by atoms with E-state index in [9.17, 15) is 10.1 Å². The predicted octanol–water partition coefficient (Wildman–Crippen LogP) is 0.723. The number of nitrogens with zero attached hydrogens (tertiary/aromatic N) is 1. The average molecular weight is 111 g/mol. The van der Waals surface area contributed by atoms with Crippen LogP contribution >= 0.6 is 0 Å². The molecular weight excluding hydrogens is 108 g/mol. The van der Waals surface area contributed by atoms with Gasteiger partial charge in [-0.3, -0.25) is 10.1 Å². The minimum absolute atomic E-state index is 0.0463. The Labute approximate surface area is 45.3 Å². The molecule has 1 heterocycles. The minimum Gasteiger partial charge on any atom is -0.354 e. The molecule has 0 spiro atoms. The maximum Gasteiger partial charge on any atom is 0.287 e. The molecule has 0 aromatic carbocycles. The maximum atomic E-state index is 9.83. The molecule has 1 N–H and O–H groups in total. The molecule has 0 bridgehead atoms. The van der Waals surface area contributed by atoms with E-state index in [2.05, 4.69) is 11.2 Å². The van der Waals surface area contributed by atoms with Gasteiger partial charge in [0.15, 0.2) is 0 Å². The molecule has 0 unspecified atom stereocenters. The Morgan fingerprint density at radius 3 is 2.88 bits per heavy atom. The van der Waals surface area contributed by atoms with Gasteiger partial charge in [-0.2, -0.15) is 0 Å². The van der Waals surface area contributed by atoms with Crippen molar-refractivity contribution in [2.24, 2.45) is 0 Å². The van der Waals surface area contributed by atoms with E-state index in [4.69, 9.17) is 0 Å². The predicted molar refractivity (Wildman–Crippen MR) is 26.3 cm³/mol. The molecule has 1 radical (unpaired) electrons. The normalized spacial score (nSPS) is 9.00. The van der Waals surface area contributed by atoms with E-state index in [1.165, 1.54) is 12.3 Å². The molecule has 1 aromatic rings. The number of nitro groups is 1. The van der Waals surface area contributed by atoms with Crippen molar-refractivity contribution < 1.29 is 4.92 Å². The summed E-state index contributed by atoms with van der Waals surface area (Å²) in [4.78, 5) is 11.8. The lowest BCUT2D eigenvalue weighted by Crippen LogP contribution is -1.82. The van der Waals surface area contributed by atoms with Crippen LogP contribution in [0.3, 0.4) is 0 Å². The Hall–Kier alpha value is -1.32. The van der Waals surface area contributed by atoms with Crippen molar-refractivity contribution in [3.8, 4) is 0 Å². The Morgan fingerprint density at radius 2 is 2.62 bits per heavy atom. The number of aromatic nitrogens is 1. The van der Waals surface area contributed by atoms with E-state index < -0.39 is 4.92 Å². The van der Waals surface area contributed by atoms with Crippen LogP contribution in [0.5, 0.6) is 0 Å². The summed E-state index contributed by atoms with van der Waals surface area (Å²) in [6.07, 6.45) is 3.72. The van der Waals surface area contributed by atoms with Gasteiger partial charge in [-0.25, -0.2) is 0 Å². The maximum absolute atomic E-state index is 9.83. The summed E-state index contributed by atoms with van der Waals surface area (Å²) < 4.78 is 0. The second-order valence-electron chi connectivity index (χ2n) is 1.26. The molecule has 1 aromatic heterocycles. The second kappa shape index (κ2) is 1.65. The first-order valence-corrected chi connectivity index (χ1v) is 1.99. The van der Waals surface area contributed by atoms with Gasteiger partial charge in [0.1, 0.15) is 0 Å². The molecule has 0 saturated heterocycles. The van der Waals surface area contributed by atoms with Gasteiger partial charge < -0.3 is 4.98 Å². The SMILES string of the molecule is O=[N+]([O-])c1c[c][nH]c1. The summed E-state index contributed by atoms with van der Waals surface area (Å²) in [6.45, 7) is 0. The van der Waals surface area contributed by atoms with E-state index in [0.717, 1.165) is 0 Å². The highest BCUT2D eigenvalue weighted by atomic mass is 16.6. The Kier molecular flexibility index (Phi) is 0.997. The molecule has 0 atom stereocenters. The van der Waals surface area contributed by atoms with E-state index >= 15 is 0 Å². The van der Waals surface area contributed by atoms with Gasteiger partial charge in [0.05, 0.1) is 17.3 Å². The zero-order chi connectivity index (χ0) is 5.98. The van der Waals surface area contributed by atoms with Crippen molar-refractivity contribution in [3.05, 3.63) is 28.6 Å². The first kappa shape index (κ1) is 4.83. The molecular formula is C4H3N2O2. The molecule has 0 aliphatic carbocycles. The van der Waals surface area contributed by atoms with E-state index in [1.54, 1.807) is 0 Å². The van der Waals surface area contributed by atoms with Gasteiger partial charge in [-0.05, 0) is 0 Å². The number of rotatable bonds is 1. The second-order valence-corrected chi connectivity index (χ2v) is 1.26. The largest absolute Gasteiger partial charge is 0.354 e. The quantitative estimate of drug-likeness (QED) is 0.428. The van der Waals surface area contributed by atoms with Gasteiger partial charge in [0, 0.05) is 6.07 Å².